The molecular weight excluding hydrogens is 272 g/mol. The van der Waals surface area contributed by atoms with E-state index in [4.69, 9.17) is 4.74 Å². The molecule has 2 heteroatoms. The van der Waals surface area contributed by atoms with Crippen molar-refractivity contribution < 1.29 is 9.84 Å². The van der Waals surface area contributed by atoms with Crippen molar-refractivity contribution in [3.63, 3.8) is 0 Å². The van der Waals surface area contributed by atoms with Gasteiger partial charge < -0.3 is 9.84 Å². The van der Waals surface area contributed by atoms with E-state index in [1.54, 1.807) is 0 Å². The second-order valence-electron chi connectivity index (χ2n) is 6.74. The Balaban J connectivity index is 1.65. The molecule has 0 amide bonds. The highest BCUT2D eigenvalue weighted by atomic mass is 16.6. The van der Waals surface area contributed by atoms with Crippen LogP contribution in [0.25, 0.3) is 0 Å². The van der Waals surface area contributed by atoms with Gasteiger partial charge in [0.25, 0.3) is 0 Å². The van der Waals surface area contributed by atoms with E-state index in [9.17, 15) is 5.11 Å². The normalized spacial score (nSPS) is 26.7. The van der Waals surface area contributed by atoms with Gasteiger partial charge in [-0.2, -0.15) is 0 Å². The number of aliphatic hydroxyl groups is 1. The quantitative estimate of drug-likeness (QED) is 0.856. The molecule has 0 unspecified atom stereocenters. The summed E-state index contributed by atoms with van der Waals surface area (Å²) < 4.78 is 6.00. The van der Waals surface area contributed by atoms with Gasteiger partial charge >= 0.3 is 0 Å². The van der Waals surface area contributed by atoms with Gasteiger partial charge in [-0.15, -0.1) is 0 Å². The standard InChI is InChI=1S/C20H22O2/c21-19(14-16-8-3-1-4-9-16,15-17-10-5-2-6-11-17)20-13-7-12-18(20)22-20/h1-6,8-11,18,21H,7,12-15H2/t18-,20+/m1/s1. The third-order valence-corrected chi connectivity index (χ3v) is 5.30. The van der Waals surface area contributed by atoms with Gasteiger partial charge in [0.1, 0.15) is 11.2 Å². The molecule has 2 aliphatic rings. The summed E-state index contributed by atoms with van der Waals surface area (Å²) in [6.45, 7) is 0. The summed E-state index contributed by atoms with van der Waals surface area (Å²) in [7, 11) is 0. The van der Waals surface area contributed by atoms with E-state index in [0.717, 1.165) is 19.3 Å². The van der Waals surface area contributed by atoms with Crippen LogP contribution in [0.15, 0.2) is 60.7 Å². The van der Waals surface area contributed by atoms with E-state index in [-0.39, 0.29) is 11.7 Å². The van der Waals surface area contributed by atoms with E-state index >= 15 is 0 Å². The van der Waals surface area contributed by atoms with E-state index in [1.807, 2.05) is 36.4 Å². The average molecular weight is 294 g/mol. The third-order valence-electron chi connectivity index (χ3n) is 5.30. The van der Waals surface area contributed by atoms with Crippen LogP contribution in [0.1, 0.15) is 30.4 Å². The van der Waals surface area contributed by atoms with Crippen LogP contribution in [0.4, 0.5) is 0 Å². The number of epoxide rings is 1. The number of benzene rings is 2. The number of rotatable bonds is 5. The van der Waals surface area contributed by atoms with E-state index in [1.165, 1.54) is 11.1 Å². The predicted octanol–water partition coefficient (Wildman–Crippen LogP) is 3.52. The Morgan fingerprint density at radius 3 is 1.91 bits per heavy atom. The predicted molar refractivity (Wildman–Crippen MR) is 86.7 cm³/mol. The van der Waals surface area contributed by atoms with Crippen molar-refractivity contribution in [1.29, 1.82) is 0 Å². The highest BCUT2D eigenvalue weighted by Gasteiger charge is 2.69. The van der Waals surface area contributed by atoms with Crippen LogP contribution in [0.3, 0.4) is 0 Å². The summed E-state index contributed by atoms with van der Waals surface area (Å²) in [5.74, 6) is 0. The van der Waals surface area contributed by atoms with E-state index < -0.39 is 5.60 Å². The molecule has 1 aliphatic carbocycles. The molecule has 1 aliphatic heterocycles. The Morgan fingerprint density at radius 1 is 0.955 bits per heavy atom. The molecule has 1 N–H and O–H groups in total. The van der Waals surface area contributed by atoms with Crippen LogP contribution >= 0.6 is 0 Å². The molecule has 0 aromatic heterocycles. The molecule has 2 atom stereocenters. The zero-order valence-electron chi connectivity index (χ0n) is 12.7. The Kier molecular flexibility index (Phi) is 3.32. The summed E-state index contributed by atoms with van der Waals surface area (Å²) in [6.07, 6.45) is 4.79. The summed E-state index contributed by atoms with van der Waals surface area (Å²) in [5.41, 5.74) is 1.21. The van der Waals surface area contributed by atoms with Crippen LogP contribution < -0.4 is 0 Å². The Bertz CT molecular complexity index is 596. The van der Waals surface area contributed by atoms with Gasteiger partial charge in [-0.1, -0.05) is 60.7 Å². The van der Waals surface area contributed by atoms with Gasteiger partial charge in [0.15, 0.2) is 0 Å². The number of ether oxygens (including phenoxy) is 1. The van der Waals surface area contributed by atoms with Crippen molar-refractivity contribution in [1.82, 2.24) is 0 Å². The minimum atomic E-state index is -0.823. The number of hydrogen-bond donors (Lipinski definition) is 1. The minimum absolute atomic E-state index is 0.255. The van der Waals surface area contributed by atoms with Gasteiger partial charge in [-0.25, -0.2) is 0 Å². The van der Waals surface area contributed by atoms with E-state index in [0.29, 0.717) is 12.8 Å². The molecule has 114 valence electrons. The van der Waals surface area contributed by atoms with Crippen molar-refractivity contribution in [3.05, 3.63) is 71.8 Å². The first-order chi connectivity index (χ1) is 10.7. The fourth-order valence-electron chi connectivity index (χ4n) is 4.15. The van der Waals surface area contributed by atoms with Crippen LogP contribution in [0.5, 0.6) is 0 Å². The molecule has 22 heavy (non-hydrogen) atoms. The largest absolute Gasteiger partial charge is 0.386 e. The van der Waals surface area contributed by atoms with Crippen molar-refractivity contribution >= 4 is 0 Å². The van der Waals surface area contributed by atoms with Gasteiger partial charge in [0.05, 0.1) is 6.10 Å². The molecular formula is C20H22O2. The van der Waals surface area contributed by atoms with Gasteiger partial charge in [0, 0.05) is 12.8 Å². The maximum atomic E-state index is 11.6. The monoisotopic (exact) mass is 294 g/mol. The molecule has 4 rings (SSSR count). The molecule has 1 saturated heterocycles. The fraction of sp³-hybridized carbons (Fsp3) is 0.400. The second-order valence-corrected chi connectivity index (χ2v) is 6.74. The average Bonchev–Trinajstić information content (AvgIpc) is 3.11. The molecule has 2 nitrogen and oxygen atoms in total. The Labute approximate surface area is 131 Å². The van der Waals surface area contributed by atoms with Crippen molar-refractivity contribution in [2.45, 2.75) is 49.4 Å². The Morgan fingerprint density at radius 2 is 1.50 bits per heavy atom. The van der Waals surface area contributed by atoms with Crippen LogP contribution in [0, 0.1) is 0 Å². The summed E-state index contributed by atoms with van der Waals surface area (Å²) in [5, 5.41) is 11.6. The van der Waals surface area contributed by atoms with E-state index in [2.05, 4.69) is 24.3 Å². The molecule has 1 heterocycles. The lowest BCUT2D eigenvalue weighted by Crippen LogP contribution is -2.49. The minimum Gasteiger partial charge on any atom is -0.386 e. The summed E-state index contributed by atoms with van der Waals surface area (Å²) in [4.78, 5) is 0. The first kappa shape index (κ1) is 14.0. The zero-order valence-corrected chi connectivity index (χ0v) is 12.7. The van der Waals surface area contributed by atoms with Gasteiger partial charge in [-0.3, -0.25) is 0 Å². The lowest BCUT2D eigenvalue weighted by atomic mass is 9.76. The van der Waals surface area contributed by atoms with Crippen LogP contribution in [-0.2, 0) is 17.6 Å². The smallest absolute Gasteiger partial charge is 0.124 e. The molecule has 0 radical (unpaired) electrons. The molecule has 2 aromatic rings. The maximum absolute atomic E-state index is 11.6. The summed E-state index contributed by atoms with van der Waals surface area (Å²) in [6, 6.07) is 20.6. The SMILES string of the molecule is OC(Cc1ccccc1)(Cc1ccccc1)[C@]12CCC[C@H]1O2. The first-order valence-corrected chi connectivity index (χ1v) is 8.20. The third kappa shape index (κ3) is 2.27. The molecule has 1 saturated carbocycles. The molecule has 2 fully saturated rings. The lowest BCUT2D eigenvalue weighted by molar-refractivity contribution is -0.0406. The fourth-order valence-corrected chi connectivity index (χ4v) is 4.15. The van der Waals surface area contributed by atoms with Crippen molar-refractivity contribution in [2.75, 3.05) is 0 Å². The molecule has 0 bridgehead atoms. The van der Waals surface area contributed by atoms with Gasteiger partial charge in [-0.05, 0) is 30.4 Å². The molecule has 0 spiro atoms. The van der Waals surface area contributed by atoms with Gasteiger partial charge in [0.2, 0.25) is 0 Å². The van der Waals surface area contributed by atoms with Crippen LogP contribution in [-0.4, -0.2) is 22.4 Å². The number of fused-ring (bicyclic) bond motifs is 1. The second kappa shape index (κ2) is 5.22. The van der Waals surface area contributed by atoms with Crippen LogP contribution in [0.2, 0.25) is 0 Å². The molecule has 2 aromatic carbocycles. The highest BCUT2D eigenvalue weighted by molar-refractivity contribution is 5.29. The number of hydrogen-bond acceptors (Lipinski definition) is 2. The maximum Gasteiger partial charge on any atom is 0.124 e. The topological polar surface area (TPSA) is 32.8 Å². The highest BCUT2D eigenvalue weighted by Crippen LogP contribution is 2.57. The van der Waals surface area contributed by atoms with Crippen molar-refractivity contribution in [2.24, 2.45) is 0 Å². The van der Waals surface area contributed by atoms with Crippen molar-refractivity contribution in [3.8, 4) is 0 Å². The Hall–Kier alpha value is -1.64. The first-order valence-electron chi connectivity index (χ1n) is 8.20. The summed E-state index contributed by atoms with van der Waals surface area (Å²) >= 11 is 0. The lowest BCUT2D eigenvalue weighted by Gasteiger charge is -2.34. The zero-order chi connectivity index (χ0) is 15.0.